The van der Waals surface area contributed by atoms with E-state index in [1.54, 1.807) is 18.2 Å². The number of hydrogen-bond acceptors (Lipinski definition) is 3. The second-order valence-electron chi connectivity index (χ2n) is 5.86. The molecule has 0 spiro atoms. The quantitative estimate of drug-likeness (QED) is 0.793. The molecular weight excluding hydrogens is 302 g/mol. The summed E-state index contributed by atoms with van der Waals surface area (Å²) in [6.07, 6.45) is 4.04. The fraction of sp³-hybridized carbons (Fsp3) is 0.500. The van der Waals surface area contributed by atoms with E-state index in [1.807, 2.05) is 6.07 Å². The smallest absolute Gasteiger partial charge is 0.251 e. The molecule has 1 aromatic carbocycles. The number of anilines is 1. The summed E-state index contributed by atoms with van der Waals surface area (Å²) in [6, 6.07) is 7.33. The van der Waals surface area contributed by atoms with Gasteiger partial charge >= 0.3 is 0 Å². The highest BCUT2D eigenvalue weighted by atomic mass is 35.5. The van der Waals surface area contributed by atoms with E-state index in [0.717, 1.165) is 38.8 Å². The van der Waals surface area contributed by atoms with Crippen LogP contribution in [0.2, 0.25) is 0 Å². The largest absolute Gasteiger partial charge is 0.348 e. The summed E-state index contributed by atoms with van der Waals surface area (Å²) >= 11 is 0. The lowest BCUT2D eigenvalue weighted by Crippen LogP contribution is -2.45. The molecule has 3 rings (SSSR count). The maximum Gasteiger partial charge on any atom is 0.251 e. The molecule has 3 N–H and O–H groups in total. The van der Waals surface area contributed by atoms with Crippen molar-refractivity contribution < 1.29 is 9.59 Å². The van der Waals surface area contributed by atoms with Crippen LogP contribution in [0.3, 0.4) is 0 Å². The van der Waals surface area contributed by atoms with E-state index in [4.69, 9.17) is 0 Å². The van der Waals surface area contributed by atoms with Gasteiger partial charge in [-0.15, -0.1) is 12.4 Å². The molecule has 1 unspecified atom stereocenters. The number of benzene rings is 1. The van der Waals surface area contributed by atoms with Gasteiger partial charge in [-0.25, -0.2) is 0 Å². The second kappa shape index (κ2) is 7.61. The lowest BCUT2D eigenvalue weighted by atomic mass is 10.1. The van der Waals surface area contributed by atoms with Crippen molar-refractivity contribution in [2.75, 3.05) is 18.4 Å². The molecule has 1 saturated carbocycles. The Labute approximate surface area is 136 Å². The fourth-order valence-electron chi connectivity index (χ4n) is 2.57. The predicted molar refractivity (Wildman–Crippen MR) is 88.4 cm³/mol. The number of amides is 2. The van der Waals surface area contributed by atoms with Crippen LogP contribution in [0.4, 0.5) is 5.69 Å². The number of nitrogens with one attached hydrogen (secondary N) is 3. The number of rotatable bonds is 4. The van der Waals surface area contributed by atoms with Crippen molar-refractivity contribution >= 4 is 29.9 Å². The number of piperidine rings is 1. The van der Waals surface area contributed by atoms with Crippen LogP contribution >= 0.6 is 12.4 Å². The van der Waals surface area contributed by atoms with Gasteiger partial charge < -0.3 is 16.0 Å². The van der Waals surface area contributed by atoms with E-state index in [-0.39, 0.29) is 36.2 Å². The zero-order chi connectivity index (χ0) is 14.7. The Morgan fingerprint density at radius 3 is 2.68 bits per heavy atom. The molecule has 1 saturated heterocycles. The molecule has 1 atom stereocenters. The molecule has 6 heteroatoms. The van der Waals surface area contributed by atoms with Crippen molar-refractivity contribution in [3.05, 3.63) is 29.8 Å². The standard InChI is InChI=1S/C16H21N3O2.ClH/c20-15(11-6-7-11)18-13-4-1-3-12(9-13)16(21)19-14-5-2-8-17-10-14;/h1,3-4,9,11,14,17H,2,5-8,10H2,(H,18,20)(H,19,21);1H. The Balaban J connectivity index is 0.00000176. The van der Waals surface area contributed by atoms with Crippen LogP contribution in [0.15, 0.2) is 24.3 Å². The van der Waals surface area contributed by atoms with E-state index in [2.05, 4.69) is 16.0 Å². The summed E-state index contributed by atoms with van der Waals surface area (Å²) < 4.78 is 0. The Morgan fingerprint density at radius 2 is 2.00 bits per heavy atom. The number of carbonyl (C=O) groups is 2. The molecule has 120 valence electrons. The van der Waals surface area contributed by atoms with Gasteiger partial charge in [0.25, 0.3) is 5.91 Å². The Morgan fingerprint density at radius 1 is 1.18 bits per heavy atom. The van der Waals surface area contributed by atoms with Gasteiger partial charge in [0.2, 0.25) is 5.91 Å². The van der Waals surface area contributed by atoms with Gasteiger partial charge in [-0.05, 0) is 50.4 Å². The topological polar surface area (TPSA) is 70.2 Å². The van der Waals surface area contributed by atoms with Gasteiger partial charge in [0.15, 0.2) is 0 Å². The van der Waals surface area contributed by atoms with Crippen molar-refractivity contribution in [3.63, 3.8) is 0 Å². The third kappa shape index (κ3) is 4.45. The summed E-state index contributed by atoms with van der Waals surface area (Å²) in [4.78, 5) is 24.0. The van der Waals surface area contributed by atoms with Gasteiger partial charge in [0.1, 0.15) is 0 Å². The van der Waals surface area contributed by atoms with Crippen LogP contribution < -0.4 is 16.0 Å². The lowest BCUT2D eigenvalue weighted by Gasteiger charge is -2.23. The molecule has 2 amide bonds. The maximum absolute atomic E-state index is 12.2. The summed E-state index contributed by atoms with van der Waals surface area (Å²) in [7, 11) is 0. The summed E-state index contributed by atoms with van der Waals surface area (Å²) in [5.41, 5.74) is 1.29. The van der Waals surface area contributed by atoms with Crippen molar-refractivity contribution in [2.24, 2.45) is 5.92 Å². The molecular formula is C16H22ClN3O2. The van der Waals surface area contributed by atoms with E-state index in [9.17, 15) is 9.59 Å². The molecule has 5 nitrogen and oxygen atoms in total. The lowest BCUT2D eigenvalue weighted by molar-refractivity contribution is -0.117. The summed E-state index contributed by atoms with van der Waals surface area (Å²) in [5.74, 6) is 0.144. The third-order valence-electron chi connectivity index (χ3n) is 3.97. The van der Waals surface area contributed by atoms with Crippen LogP contribution in [0.1, 0.15) is 36.0 Å². The molecule has 2 aliphatic rings. The predicted octanol–water partition coefficient (Wildman–Crippen LogP) is 1.94. The zero-order valence-electron chi connectivity index (χ0n) is 12.4. The molecule has 0 radical (unpaired) electrons. The second-order valence-corrected chi connectivity index (χ2v) is 5.86. The molecule has 1 aliphatic carbocycles. The summed E-state index contributed by atoms with van der Waals surface area (Å²) in [5, 5.41) is 9.18. The minimum Gasteiger partial charge on any atom is -0.348 e. The molecule has 1 aliphatic heterocycles. The highest BCUT2D eigenvalue weighted by Crippen LogP contribution is 2.30. The number of halogens is 1. The van der Waals surface area contributed by atoms with Crippen LogP contribution in [0.5, 0.6) is 0 Å². The molecule has 2 fully saturated rings. The number of hydrogen-bond donors (Lipinski definition) is 3. The Hall–Kier alpha value is -1.59. The van der Waals surface area contributed by atoms with Crippen LogP contribution in [-0.4, -0.2) is 30.9 Å². The van der Waals surface area contributed by atoms with Crippen molar-refractivity contribution in [1.29, 1.82) is 0 Å². The van der Waals surface area contributed by atoms with Gasteiger partial charge in [-0.2, -0.15) is 0 Å². The monoisotopic (exact) mass is 323 g/mol. The summed E-state index contributed by atoms with van der Waals surface area (Å²) in [6.45, 7) is 1.85. The molecule has 0 aromatic heterocycles. The zero-order valence-corrected chi connectivity index (χ0v) is 13.2. The van der Waals surface area contributed by atoms with Crippen LogP contribution in [-0.2, 0) is 4.79 Å². The van der Waals surface area contributed by atoms with Gasteiger partial charge in [0.05, 0.1) is 0 Å². The van der Waals surface area contributed by atoms with E-state index in [1.165, 1.54) is 0 Å². The molecule has 0 bridgehead atoms. The first-order valence-electron chi connectivity index (χ1n) is 7.65. The van der Waals surface area contributed by atoms with Crippen LogP contribution in [0.25, 0.3) is 0 Å². The van der Waals surface area contributed by atoms with Gasteiger partial charge in [-0.3, -0.25) is 9.59 Å². The van der Waals surface area contributed by atoms with Crippen molar-refractivity contribution in [1.82, 2.24) is 10.6 Å². The van der Waals surface area contributed by atoms with Gasteiger partial charge in [-0.1, -0.05) is 6.07 Å². The Kier molecular flexibility index (Phi) is 5.80. The van der Waals surface area contributed by atoms with E-state index >= 15 is 0 Å². The highest BCUT2D eigenvalue weighted by Gasteiger charge is 2.29. The highest BCUT2D eigenvalue weighted by molar-refractivity contribution is 5.98. The first-order valence-corrected chi connectivity index (χ1v) is 7.65. The van der Waals surface area contributed by atoms with Crippen molar-refractivity contribution in [2.45, 2.75) is 31.7 Å². The molecule has 1 aromatic rings. The number of carbonyl (C=O) groups excluding carboxylic acids is 2. The normalized spacial score (nSPS) is 20.6. The Bertz CT molecular complexity index is 540. The fourth-order valence-corrected chi connectivity index (χ4v) is 2.57. The molecule has 1 heterocycles. The van der Waals surface area contributed by atoms with E-state index < -0.39 is 0 Å². The van der Waals surface area contributed by atoms with Crippen molar-refractivity contribution in [3.8, 4) is 0 Å². The average molecular weight is 324 g/mol. The minimum absolute atomic E-state index is 0. The first kappa shape index (κ1) is 16.8. The maximum atomic E-state index is 12.2. The average Bonchev–Trinajstić information content (AvgIpc) is 3.33. The van der Waals surface area contributed by atoms with Gasteiger partial charge in [0, 0.05) is 29.8 Å². The SMILES string of the molecule is Cl.O=C(NC1CCCNC1)c1cccc(NC(=O)C2CC2)c1. The third-order valence-corrected chi connectivity index (χ3v) is 3.97. The van der Waals surface area contributed by atoms with Crippen LogP contribution in [0, 0.1) is 5.92 Å². The minimum atomic E-state index is -0.0776. The van der Waals surface area contributed by atoms with E-state index in [0.29, 0.717) is 11.3 Å². The first-order chi connectivity index (χ1) is 10.2. The molecule has 22 heavy (non-hydrogen) atoms.